The molecule has 1 atom stereocenters. The summed E-state index contributed by atoms with van der Waals surface area (Å²) in [5, 5.41) is 3.91. The fourth-order valence-corrected chi connectivity index (χ4v) is 4.71. The molecule has 0 unspecified atom stereocenters. The van der Waals surface area contributed by atoms with Gasteiger partial charge in [0.05, 0.1) is 16.8 Å². The first-order valence-electron chi connectivity index (χ1n) is 9.99. The Labute approximate surface area is 189 Å². The van der Waals surface area contributed by atoms with Crippen LogP contribution in [0.25, 0.3) is 16.2 Å². The quantitative estimate of drug-likeness (QED) is 0.389. The minimum atomic E-state index is -0.528. The van der Waals surface area contributed by atoms with Crippen molar-refractivity contribution >= 4 is 34.5 Å². The number of hydrogen-bond acceptors (Lipinski definition) is 5. The van der Waals surface area contributed by atoms with E-state index in [0.717, 1.165) is 40.4 Å². The Morgan fingerprint density at radius 2 is 2.16 bits per heavy atom. The number of primary amides is 1. The third-order valence-corrected chi connectivity index (χ3v) is 6.46. The number of nitrogens with two attached hydrogens (primary N) is 1. The number of pyridine rings is 1. The molecule has 6 nitrogen and oxygen atoms in total. The van der Waals surface area contributed by atoms with Crippen LogP contribution in [0.2, 0.25) is 5.02 Å². The predicted molar refractivity (Wildman–Crippen MR) is 125 cm³/mol. The third-order valence-electron chi connectivity index (χ3n) is 4.98. The second-order valence-corrected chi connectivity index (χ2v) is 8.60. The van der Waals surface area contributed by atoms with E-state index in [1.54, 1.807) is 6.20 Å². The lowest BCUT2D eigenvalue weighted by Crippen LogP contribution is -2.13. The summed E-state index contributed by atoms with van der Waals surface area (Å²) in [7, 11) is 0. The number of fused-ring (bicyclic) bond motifs is 1. The molecule has 0 bridgehead atoms. The fourth-order valence-electron chi connectivity index (χ4n) is 3.41. The van der Waals surface area contributed by atoms with Crippen LogP contribution in [0, 0.1) is 0 Å². The number of hydrogen-bond donors (Lipinski definition) is 2. The number of aromatic nitrogens is 2. The van der Waals surface area contributed by atoms with E-state index < -0.39 is 5.91 Å². The smallest absolute Gasteiger partial charge is 0.262 e. The van der Waals surface area contributed by atoms with E-state index >= 15 is 0 Å². The van der Waals surface area contributed by atoms with E-state index in [9.17, 15) is 4.79 Å². The molecular weight excluding hydrogens is 432 g/mol. The van der Waals surface area contributed by atoms with Crippen molar-refractivity contribution in [2.75, 3.05) is 6.54 Å². The minimum absolute atomic E-state index is 0.358. The van der Waals surface area contributed by atoms with E-state index in [2.05, 4.69) is 17.2 Å². The number of amides is 1. The Balaban J connectivity index is 1.63. The molecule has 1 amide bonds. The molecule has 0 aliphatic heterocycles. The lowest BCUT2D eigenvalue weighted by Gasteiger charge is -2.17. The van der Waals surface area contributed by atoms with Crippen LogP contribution in [-0.4, -0.2) is 21.8 Å². The number of carbonyl (C=O) groups excluding carboxylic acids is 1. The van der Waals surface area contributed by atoms with Crippen LogP contribution in [0.15, 0.2) is 54.9 Å². The predicted octanol–water partition coefficient (Wildman–Crippen LogP) is 5.06. The van der Waals surface area contributed by atoms with E-state index in [1.807, 2.05) is 60.0 Å². The lowest BCUT2D eigenvalue weighted by molar-refractivity contribution is 0.0998. The van der Waals surface area contributed by atoms with Crippen molar-refractivity contribution in [3.8, 4) is 16.3 Å². The summed E-state index contributed by atoms with van der Waals surface area (Å²) in [6, 6.07) is 13.5. The molecule has 0 aliphatic carbocycles. The summed E-state index contributed by atoms with van der Waals surface area (Å²) in [5.41, 5.74) is 9.29. The van der Waals surface area contributed by atoms with Gasteiger partial charge in [0.15, 0.2) is 0 Å². The third kappa shape index (κ3) is 4.44. The normalized spacial score (nSPS) is 12.2. The largest absolute Gasteiger partial charge is 0.484 e. The van der Waals surface area contributed by atoms with E-state index in [-0.39, 0.29) is 6.10 Å². The summed E-state index contributed by atoms with van der Waals surface area (Å²) in [6.45, 7) is 5.61. The number of halogens is 1. The van der Waals surface area contributed by atoms with Gasteiger partial charge in [-0.15, -0.1) is 11.3 Å². The maximum atomic E-state index is 12.1. The lowest BCUT2D eigenvalue weighted by atomic mass is 10.1. The highest BCUT2D eigenvalue weighted by Gasteiger charge is 2.21. The van der Waals surface area contributed by atoms with Gasteiger partial charge < -0.3 is 15.8 Å². The molecule has 0 fully saturated rings. The van der Waals surface area contributed by atoms with Crippen LogP contribution in [0.1, 0.15) is 40.8 Å². The van der Waals surface area contributed by atoms with Crippen molar-refractivity contribution in [2.24, 2.45) is 5.73 Å². The van der Waals surface area contributed by atoms with Crippen LogP contribution < -0.4 is 15.8 Å². The first kappa shape index (κ1) is 21.4. The highest BCUT2D eigenvalue weighted by atomic mass is 35.5. The van der Waals surface area contributed by atoms with E-state index in [0.29, 0.717) is 15.6 Å². The Bertz CT molecular complexity index is 1230. The number of nitrogens with one attached hydrogen (secondary N) is 1. The molecule has 4 rings (SSSR count). The van der Waals surface area contributed by atoms with Crippen molar-refractivity contribution in [3.05, 3.63) is 75.9 Å². The van der Waals surface area contributed by atoms with Gasteiger partial charge >= 0.3 is 0 Å². The van der Waals surface area contributed by atoms with Crippen LogP contribution in [0.5, 0.6) is 5.75 Å². The number of ether oxygens (including phenoxy) is 1. The standard InChI is InChI=1S/C23H23ClN4O2S/c1-3-26-12-15-7-8-16(17(24)10-15)14(2)30-19-11-20(31-22(19)23(25)29)18-13-27-21-6-4-5-9-28(18)21/h4-11,13-14,26H,3,12H2,1-2H3,(H2,25,29)/t14-/m1/s1. The Morgan fingerprint density at radius 1 is 1.32 bits per heavy atom. The molecule has 1 aromatic carbocycles. The highest BCUT2D eigenvalue weighted by molar-refractivity contribution is 7.17. The summed E-state index contributed by atoms with van der Waals surface area (Å²) >= 11 is 7.81. The van der Waals surface area contributed by atoms with Gasteiger partial charge in [-0.1, -0.05) is 36.7 Å². The maximum Gasteiger partial charge on any atom is 0.262 e. The Hall–Kier alpha value is -2.87. The Morgan fingerprint density at radius 3 is 2.90 bits per heavy atom. The van der Waals surface area contributed by atoms with Crippen molar-refractivity contribution in [1.82, 2.24) is 14.7 Å². The zero-order valence-electron chi connectivity index (χ0n) is 17.3. The minimum Gasteiger partial charge on any atom is -0.484 e. The molecule has 4 aromatic rings. The summed E-state index contributed by atoms with van der Waals surface area (Å²) < 4.78 is 8.13. The molecule has 0 spiro atoms. The molecule has 3 heterocycles. The number of rotatable bonds is 8. The molecule has 160 valence electrons. The summed E-state index contributed by atoms with van der Waals surface area (Å²) in [6.07, 6.45) is 3.35. The molecular formula is C23H23ClN4O2S. The monoisotopic (exact) mass is 454 g/mol. The topological polar surface area (TPSA) is 81.7 Å². The average molecular weight is 455 g/mol. The molecule has 31 heavy (non-hydrogen) atoms. The molecule has 0 radical (unpaired) electrons. The summed E-state index contributed by atoms with van der Waals surface area (Å²) in [5.74, 6) is -0.0852. The molecule has 0 saturated carbocycles. The number of thiophene rings is 1. The fraction of sp³-hybridized carbons (Fsp3) is 0.217. The second kappa shape index (κ2) is 9.09. The van der Waals surface area contributed by atoms with Gasteiger partial charge in [-0.3, -0.25) is 9.20 Å². The molecule has 3 N–H and O–H groups in total. The number of nitrogens with zero attached hydrogens (tertiary/aromatic N) is 2. The SMILES string of the molecule is CCNCc1ccc([C@@H](C)Oc2cc(-c3cnc4ccccn34)sc2C(N)=O)c(Cl)c1. The van der Waals surface area contributed by atoms with Crippen molar-refractivity contribution < 1.29 is 9.53 Å². The zero-order chi connectivity index (χ0) is 22.0. The van der Waals surface area contributed by atoms with E-state index in [4.69, 9.17) is 22.1 Å². The van der Waals surface area contributed by atoms with Crippen LogP contribution in [0.3, 0.4) is 0 Å². The van der Waals surface area contributed by atoms with Gasteiger partial charge in [-0.05, 0) is 37.2 Å². The zero-order valence-corrected chi connectivity index (χ0v) is 18.8. The average Bonchev–Trinajstić information content (AvgIpc) is 3.36. The number of benzene rings is 1. The van der Waals surface area contributed by atoms with E-state index in [1.165, 1.54) is 11.3 Å². The molecule has 8 heteroatoms. The number of imidazole rings is 1. The van der Waals surface area contributed by atoms with Gasteiger partial charge in [0.1, 0.15) is 22.4 Å². The van der Waals surface area contributed by atoms with Gasteiger partial charge in [0.25, 0.3) is 5.91 Å². The van der Waals surface area contributed by atoms with Crippen LogP contribution in [-0.2, 0) is 6.54 Å². The van der Waals surface area contributed by atoms with Crippen LogP contribution >= 0.6 is 22.9 Å². The number of carbonyl (C=O) groups is 1. The molecule has 0 aliphatic rings. The van der Waals surface area contributed by atoms with Gasteiger partial charge in [0.2, 0.25) is 0 Å². The van der Waals surface area contributed by atoms with Gasteiger partial charge in [0, 0.05) is 29.4 Å². The Kier molecular flexibility index (Phi) is 6.27. The van der Waals surface area contributed by atoms with Gasteiger partial charge in [-0.25, -0.2) is 4.98 Å². The van der Waals surface area contributed by atoms with Crippen molar-refractivity contribution in [2.45, 2.75) is 26.5 Å². The second-order valence-electron chi connectivity index (χ2n) is 7.14. The molecule has 3 aromatic heterocycles. The maximum absolute atomic E-state index is 12.1. The van der Waals surface area contributed by atoms with Gasteiger partial charge in [-0.2, -0.15) is 0 Å². The highest BCUT2D eigenvalue weighted by Crippen LogP contribution is 2.39. The summed E-state index contributed by atoms with van der Waals surface area (Å²) in [4.78, 5) is 17.7. The first-order valence-corrected chi connectivity index (χ1v) is 11.2. The first-order chi connectivity index (χ1) is 15.0. The van der Waals surface area contributed by atoms with Crippen molar-refractivity contribution in [1.29, 1.82) is 0 Å². The molecule has 0 saturated heterocycles. The van der Waals surface area contributed by atoms with Crippen LogP contribution in [0.4, 0.5) is 0 Å². The van der Waals surface area contributed by atoms with Crippen molar-refractivity contribution in [3.63, 3.8) is 0 Å².